The lowest BCUT2D eigenvalue weighted by atomic mass is 10.1. The van der Waals surface area contributed by atoms with Crippen LogP contribution in [-0.4, -0.2) is 38.3 Å². The molecule has 0 saturated heterocycles. The van der Waals surface area contributed by atoms with E-state index in [4.69, 9.17) is 4.74 Å². The summed E-state index contributed by atoms with van der Waals surface area (Å²) in [5, 5.41) is 0. The third-order valence-corrected chi connectivity index (χ3v) is 4.58. The standard InChI is InChI=1S/C21H38NO.BrH/c1-4-5-6-7-8-9-10-11-15-18-22(2,3)19-20-23-21-16-13-12-14-17-21;/h12-14,16-17H,4-11,15,18-20H2,1-3H3;1H/q+1;/p-1. The van der Waals surface area contributed by atoms with Crippen molar-refractivity contribution in [2.45, 2.75) is 64.7 Å². The highest BCUT2D eigenvalue weighted by molar-refractivity contribution is 5.20. The van der Waals surface area contributed by atoms with Gasteiger partial charge < -0.3 is 26.2 Å². The minimum absolute atomic E-state index is 0. The minimum atomic E-state index is 0. The van der Waals surface area contributed by atoms with E-state index in [1.54, 1.807) is 0 Å². The highest BCUT2D eigenvalue weighted by Gasteiger charge is 2.14. The molecule has 1 aromatic rings. The van der Waals surface area contributed by atoms with Crippen molar-refractivity contribution < 1.29 is 26.2 Å². The first kappa shape index (κ1) is 23.5. The number of ether oxygens (including phenoxy) is 1. The van der Waals surface area contributed by atoms with Gasteiger partial charge in [0.2, 0.25) is 0 Å². The molecular formula is C21H38BrNO. The van der Waals surface area contributed by atoms with Gasteiger partial charge in [-0.2, -0.15) is 0 Å². The van der Waals surface area contributed by atoms with Crippen molar-refractivity contribution in [3.63, 3.8) is 0 Å². The highest BCUT2D eigenvalue weighted by Crippen LogP contribution is 2.12. The molecule has 0 radical (unpaired) electrons. The molecule has 1 rings (SSSR count). The third kappa shape index (κ3) is 12.8. The Bertz CT molecular complexity index is 381. The molecule has 1 aromatic carbocycles. The number of para-hydroxylation sites is 1. The molecule has 0 aliphatic rings. The molecule has 0 N–H and O–H groups in total. The Kier molecular flexibility index (Phi) is 14.4. The second kappa shape index (κ2) is 14.8. The van der Waals surface area contributed by atoms with Crippen LogP contribution in [0.15, 0.2) is 30.3 Å². The normalized spacial score (nSPS) is 11.1. The molecule has 24 heavy (non-hydrogen) atoms. The van der Waals surface area contributed by atoms with Crippen molar-refractivity contribution in [2.75, 3.05) is 33.8 Å². The Labute approximate surface area is 161 Å². The van der Waals surface area contributed by atoms with Crippen molar-refractivity contribution >= 4 is 0 Å². The van der Waals surface area contributed by atoms with E-state index >= 15 is 0 Å². The van der Waals surface area contributed by atoms with Gasteiger partial charge in [0.15, 0.2) is 0 Å². The van der Waals surface area contributed by atoms with E-state index in [-0.39, 0.29) is 17.0 Å². The number of unbranched alkanes of at least 4 members (excludes halogenated alkanes) is 8. The Morgan fingerprint density at radius 1 is 0.750 bits per heavy atom. The molecule has 0 atom stereocenters. The molecule has 0 spiro atoms. The van der Waals surface area contributed by atoms with E-state index < -0.39 is 0 Å². The summed E-state index contributed by atoms with van der Waals surface area (Å²) < 4.78 is 6.88. The first-order valence-electron chi connectivity index (χ1n) is 9.64. The van der Waals surface area contributed by atoms with Gasteiger partial charge in [-0.25, -0.2) is 0 Å². The van der Waals surface area contributed by atoms with Gasteiger partial charge in [0.05, 0.1) is 20.6 Å². The van der Waals surface area contributed by atoms with Crippen molar-refractivity contribution in [1.29, 1.82) is 0 Å². The Hall–Kier alpha value is -0.540. The lowest BCUT2D eigenvalue weighted by molar-refractivity contribution is -0.890. The zero-order valence-corrected chi connectivity index (χ0v) is 17.7. The van der Waals surface area contributed by atoms with Crippen LogP contribution in [0.2, 0.25) is 0 Å². The monoisotopic (exact) mass is 399 g/mol. The number of quaternary nitrogens is 1. The summed E-state index contributed by atoms with van der Waals surface area (Å²) in [6.45, 7) is 5.42. The molecule has 0 aliphatic heterocycles. The molecular weight excluding hydrogens is 362 g/mol. The topological polar surface area (TPSA) is 9.23 Å². The summed E-state index contributed by atoms with van der Waals surface area (Å²) in [6, 6.07) is 10.1. The maximum atomic E-state index is 5.82. The maximum absolute atomic E-state index is 5.82. The Balaban J connectivity index is 0.00000529. The van der Waals surface area contributed by atoms with E-state index in [1.165, 1.54) is 64.3 Å². The highest BCUT2D eigenvalue weighted by atomic mass is 79.9. The van der Waals surface area contributed by atoms with Gasteiger partial charge in [0.1, 0.15) is 18.9 Å². The number of hydrogen-bond acceptors (Lipinski definition) is 1. The van der Waals surface area contributed by atoms with Crippen LogP contribution < -0.4 is 21.7 Å². The predicted molar refractivity (Wildman–Crippen MR) is 101 cm³/mol. The zero-order valence-electron chi connectivity index (χ0n) is 16.1. The van der Waals surface area contributed by atoms with Gasteiger partial charge in [-0.3, -0.25) is 0 Å². The first-order valence-corrected chi connectivity index (χ1v) is 9.64. The van der Waals surface area contributed by atoms with Gasteiger partial charge in [0.25, 0.3) is 0 Å². The smallest absolute Gasteiger partial charge is 0.137 e. The fourth-order valence-corrected chi connectivity index (χ4v) is 2.89. The maximum Gasteiger partial charge on any atom is 0.137 e. The van der Waals surface area contributed by atoms with E-state index in [1.807, 2.05) is 30.3 Å². The lowest BCUT2D eigenvalue weighted by Crippen LogP contribution is -3.00. The zero-order chi connectivity index (χ0) is 16.8. The molecule has 0 heterocycles. The molecule has 3 heteroatoms. The fraction of sp³-hybridized carbons (Fsp3) is 0.714. The van der Waals surface area contributed by atoms with Crippen LogP contribution in [0.5, 0.6) is 5.75 Å². The SMILES string of the molecule is CCCCCCCCCCC[N+](C)(C)CCOc1ccccc1.[Br-]. The van der Waals surface area contributed by atoms with Gasteiger partial charge in [-0.1, -0.05) is 70.1 Å². The van der Waals surface area contributed by atoms with E-state index in [0.29, 0.717) is 0 Å². The molecule has 0 fully saturated rings. The largest absolute Gasteiger partial charge is 1.00 e. The first-order chi connectivity index (χ1) is 11.1. The van der Waals surface area contributed by atoms with Crippen LogP contribution >= 0.6 is 0 Å². The van der Waals surface area contributed by atoms with E-state index in [0.717, 1.165) is 23.4 Å². The molecule has 0 unspecified atom stereocenters. The lowest BCUT2D eigenvalue weighted by Gasteiger charge is -2.29. The average molecular weight is 400 g/mol. The summed E-state index contributed by atoms with van der Waals surface area (Å²) >= 11 is 0. The van der Waals surface area contributed by atoms with Gasteiger partial charge in [-0.05, 0) is 25.0 Å². The molecule has 0 aromatic heterocycles. The molecule has 0 saturated carbocycles. The van der Waals surface area contributed by atoms with Crippen LogP contribution in [-0.2, 0) is 0 Å². The molecule has 2 nitrogen and oxygen atoms in total. The summed E-state index contributed by atoms with van der Waals surface area (Å²) in [5.74, 6) is 0.982. The molecule has 0 bridgehead atoms. The number of likely N-dealkylation sites (N-methyl/N-ethyl adjacent to an activating group) is 1. The summed E-state index contributed by atoms with van der Waals surface area (Å²) in [6.07, 6.45) is 12.6. The Morgan fingerprint density at radius 3 is 1.88 bits per heavy atom. The van der Waals surface area contributed by atoms with Crippen molar-refractivity contribution in [3.05, 3.63) is 30.3 Å². The molecule has 0 amide bonds. The molecule has 140 valence electrons. The third-order valence-electron chi connectivity index (χ3n) is 4.58. The minimum Gasteiger partial charge on any atom is -1.00 e. The number of benzene rings is 1. The van der Waals surface area contributed by atoms with Crippen LogP contribution in [0.4, 0.5) is 0 Å². The van der Waals surface area contributed by atoms with Crippen LogP contribution in [0.25, 0.3) is 0 Å². The van der Waals surface area contributed by atoms with Crippen LogP contribution in [0, 0.1) is 0 Å². The number of nitrogens with zero attached hydrogens (tertiary/aromatic N) is 1. The van der Waals surface area contributed by atoms with E-state index in [2.05, 4.69) is 21.0 Å². The van der Waals surface area contributed by atoms with Crippen molar-refractivity contribution in [3.8, 4) is 5.75 Å². The summed E-state index contributed by atoms with van der Waals surface area (Å²) in [7, 11) is 4.64. The molecule has 0 aliphatic carbocycles. The number of rotatable bonds is 14. The fourth-order valence-electron chi connectivity index (χ4n) is 2.89. The predicted octanol–water partition coefficient (Wildman–Crippen LogP) is 2.68. The second-order valence-electron chi connectivity index (χ2n) is 7.37. The van der Waals surface area contributed by atoms with Gasteiger partial charge >= 0.3 is 0 Å². The van der Waals surface area contributed by atoms with Crippen molar-refractivity contribution in [1.82, 2.24) is 0 Å². The second-order valence-corrected chi connectivity index (χ2v) is 7.37. The summed E-state index contributed by atoms with van der Waals surface area (Å²) in [4.78, 5) is 0. The van der Waals surface area contributed by atoms with Gasteiger partial charge in [0, 0.05) is 0 Å². The van der Waals surface area contributed by atoms with Crippen LogP contribution in [0.3, 0.4) is 0 Å². The average Bonchev–Trinajstić information content (AvgIpc) is 2.54. The van der Waals surface area contributed by atoms with Crippen LogP contribution in [0.1, 0.15) is 64.7 Å². The number of halogens is 1. The summed E-state index contributed by atoms with van der Waals surface area (Å²) in [5.41, 5.74) is 0. The van der Waals surface area contributed by atoms with Crippen molar-refractivity contribution in [2.24, 2.45) is 0 Å². The Morgan fingerprint density at radius 2 is 1.29 bits per heavy atom. The number of hydrogen-bond donors (Lipinski definition) is 0. The van der Waals surface area contributed by atoms with Gasteiger partial charge in [-0.15, -0.1) is 0 Å². The quantitative estimate of drug-likeness (QED) is 0.345. The van der Waals surface area contributed by atoms with E-state index in [9.17, 15) is 0 Å².